The Morgan fingerprint density at radius 3 is 2.05 bits per heavy atom. The van der Waals surface area contributed by atoms with Gasteiger partial charge < -0.3 is 0 Å². The average molecular weight is 278 g/mol. The summed E-state index contributed by atoms with van der Waals surface area (Å²) in [6.07, 6.45) is 11.8. The van der Waals surface area contributed by atoms with Crippen molar-refractivity contribution in [1.29, 1.82) is 0 Å². The lowest BCUT2D eigenvalue weighted by Gasteiger charge is -2.38. The predicted molar refractivity (Wildman–Crippen MR) is 81.9 cm³/mol. The van der Waals surface area contributed by atoms with Crippen molar-refractivity contribution < 1.29 is 4.79 Å². The molecule has 0 amide bonds. The number of ketones is 1. The van der Waals surface area contributed by atoms with Gasteiger partial charge in [-0.1, -0.05) is 32.1 Å². The van der Waals surface area contributed by atoms with E-state index in [-0.39, 0.29) is 0 Å². The molecule has 3 fully saturated rings. The van der Waals surface area contributed by atoms with Crippen LogP contribution in [-0.2, 0) is 4.79 Å². The molecule has 0 aromatic heterocycles. The number of nitrogens with zero attached hydrogens (tertiary/aromatic N) is 2. The molecule has 3 heteroatoms. The van der Waals surface area contributed by atoms with E-state index in [2.05, 4.69) is 9.80 Å². The standard InChI is InChI=1S/C17H30N2O/c20-17(15-6-2-1-3-7-15)14-18-10-12-19(13-11-18)16-8-4-5-9-16/h15-16H,1-14H2. The van der Waals surface area contributed by atoms with Crippen LogP contribution >= 0.6 is 0 Å². The van der Waals surface area contributed by atoms with Gasteiger partial charge in [-0.05, 0) is 25.7 Å². The summed E-state index contributed by atoms with van der Waals surface area (Å²) in [5.74, 6) is 0.913. The molecule has 3 aliphatic rings. The first kappa shape index (κ1) is 14.5. The summed E-state index contributed by atoms with van der Waals surface area (Å²) in [6, 6.07) is 0.853. The molecule has 2 aliphatic carbocycles. The fourth-order valence-electron chi connectivity index (χ4n) is 4.33. The predicted octanol–water partition coefficient (Wildman–Crippen LogP) is 2.70. The van der Waals surface area contributed by atoms with Gasteiger partial charge in [0.2, 0.25) is 0 Å². The fraction of sp³-hybridized carbons (Fsp3) is 0.941. The van der Waals surface area contributed by atoms with Gasteiger partial charge in [0.05, 0.1) is 6.54 Å². The minimum atomic E-state index is 0.386. The number of Topliss-reactive ketones (excluding diaryl/α,β-unsaturated/α-hetero) is 1. The van der Waals surface area contributed by atoms with Gasteiger partial charge in [0.25, 0.3) is 0 Å². The summed E-state index contributed by atoms with van der Waals surface area (Å²) < 4.78 is 0. The van der Waals surface area contributed by atoms with Gasteiger partial charge in [-0.15, -0.1) is 0 Å². The second-order valence-electron chi connectivity index (χ2n) is 7.05. The van der Waals surface area contributed by atoms with Crippen molar-refractivity contribution in [3.63, 3.8) is 0 Å². The van der Waals surface area contributed by atoms with Crippen molar-refractivity contribution in [2.45, 2.75) is 63.8 Å². The van der Waals surface area contributed by atoms with Gasteiger partial charge in [0, 0.05) is 38.1 Å². The van der Waals surface area contributed by atoms with Crippen LogP contribution in [0.4, 0.5) is 0 Å². The molecule has 114 valence electrons. The van der Waals surface area contributed by atoms with Gasteiger partial charge >= 0.3 is 0 Å². The van der Waals surface area contributed by atoms with Crippen LogP contribution < -0.4 is 0 Å². The Morgan fingerprint density at radius 2 is 1.40 bits per heavy atom. The van der Waals surface area contributed by atoms with Crippen LogP contribution in [-0.4, -0.2) is 54.3 Å². The first-order valence-electron chi connectivity index (χ1n) is 8.82. The maximum absolute atomic E-state index is 12.3. The highest BCUT2D eigenvalue weighted by Crippen LogP contribution is 2.26. The highest BCUT2D eigenvalue weighted by molar-refractivity contribution is 5.83. The van der Waals surface area contributed by atoms with Crippen molar-refractivity contribution >= 4 is 5.78 Å². The SMILES string of the molecule is O=C(CN1CCN(C2CCCC2)CC1)C1CCCCC1. The minimum absolute atomic E-state index is 0.386. The van der Waals surface area contributed by atoms with Gasteiger partial charge in [0.15, 0.2) is 0 Å². The van der Waals surface area contributed by atoms with Crippen LogP contribution in [0.25, 0.3) is 0 Å². The van der Waals surface area contributed by atoms with Crippen molar-refractivity contribution in [3.8, 4) is 0 Å². The van der Waals surface area contributed by atoms with Crippen LogP contribution in [0.1, 0.15) is 57.8 Å². The number of carbonyl (C=O) groups is 1. The zero-order valence-corrected chi connectivity index (χ0v) is 12.9. The summed E-state index contributed by atoms with van der Waals surface area (Å²) >= 11 is 0. The van der Waals surface area contributed by atoms with Crippen molar-refractivity contribution in [1.82, 2.24) is 9.80 Å². The smallest absolute Gasteiger partial charge is 0.149 e. The Kier molecular flexibility index (Phi) is 5.11. The van der Waals surface area contributed by atoms with Crippen LogP contribution in [0.5, 0.6) is 0 Å². The number of rotatable bonds is 4. The lowest BCUT2D eigenvalue weighted by molar-refractivity contribution is -0.125. The Bertz CT molecular complexity index is 311. The Balaban J connectivity index is 1.40. The molecule has 0 spiro atoms. The molecule has 1 heterocycles. The Hall–Kier alpha value is -0.410. The monoisotopic (exact) mass is 278 g/mol. The quantitative estimate of drug-likeness (QED) is 0.790. The van der Waals surface area contributed by atoms with Gasteiger partial charge in [-0.25, -0.2) is 0 Å². The molecular weight excluding hydrogens is 248 g/mol. The molecule has 3 nitrogen and oxygen atoms in total. The maximum Gasteiger partial charge on any atom is 0.149 e. The van der Waals surface area contributed by atoms with E-state index in [1.165, 1.54) is 58.0 Å². The van der Waals surface area contributed by atoms with Crippen LogP contribution in [0.3, 0.4) is 0 Å². The summed E-state index contributed by atoms with van der Waals surface area (Å²) in [5, 5.41) is 0. The second-order valence-corrected chi connectivity index (χ2v) is 7.05. The van der Waals surface area contributed by atoms with E-state index in [0.29, 0.717) is 11.7 Å². The first-order valence-corrected chi connectivity index (χ1v) is 8.82. The normalized spacial score (nSPS) is 28.0. The number of piperazine rings is 1. The first-order chi connectivity index (χ1) is 9.83. The molecule has 0 aromatic rings. The van der Waals surface area contributed by atoms with Crippen molar-refractivity contribution in [3.05, 3.63) is 0 Å². The molecular formula is C17H30N2O. The van der Waals surface area contributed by atoms with Crippen LogP contribution in [0.15, 0.2) is 0 Å². The van der Waals surface area contributed by atoms with Crippen molar-refractivity contribution in [2.75, 3.05) is 32.7 Å². The molecule has 0 radical (unpaired) electrons. The molecule has 1 aliphatic heterocycles. The molecule has 1 saturated heterocycles. The Labute approximate surface area is 123 Å². The number of hydrogen-bond acceptors (Lipinski definition) is 3. The number of carbonyl (C=O) groups excluding carboxylic acids is 1. The summed E-state index contributed by atoms with van der Waals surface area (Å²) in [4.78, 5) is 17.4. The third kappa shape index (κ3) is 3.62. The topological polar surface area (TPSA) is 23.6 Å². The summed E-state index contributed by atoms with van der Waals surface area (Å²) in [7, 11) is 0. The fourth-order valence-corrected chi connectivity index (χ4v) is 4.33. The largest absolute Gasteiger partial charge is 0.298 e. The molecule has 0 aromatic carbocycles. The Morgan fingerprint density at radius 1 is 0.800 bits per heavy atom. The minimum Gasteiger partial charge on any atom is -0.298 e. The molecule has 0 bridgehead atoms. The third-order valence-corrected chi connectivity index (χ3v) is 5.69. The van der Waals surface area contributed by atoms with Gasteiger partial charge in [-0.3, -0.25) is 14.6 Å². The molecule has 20 heavy (non-hydrogen) atoms. The van der Waals surface area contributed by atoms with E-state index < -0.39 is 0 Å². The molecule has 2 saturated carbocycles. The third-order valence-electron chi connectivity index (χ3n) is 5.69. The molecule has 0 unspecified atom stereocenters. The van der Waals surface area contributed by atoms with Gasteiger partial charge in [-0.2, -0.15) is 0 Å². The molecule has 0 atom stereocenters. The van der Waals surface area contributed by atoms with Crippen molar-refractivity contribution in [2.24, 2.45) is 5.92 Å². The zero-order valence-electron chi connectivity index (χ0n) is 12.9. The van der Waals surface area contributed by atoms with Crippen LogP contribution in [0, 0.1) is 5.92 Å². The van der Waals surface area contributed by atoms with E-state index in [1.54, 1.807) is 0 Å². The van der Waals surface area contributed by atoms with E-state index >= 15 is 0 Å². The molecule has 0 N–H and O–H groups in total. The summed E-state index contributed by atoms with van der Waals surface area (Å²) in [5.41, 5.74) is 0. The lowest BCUT2D eigenvalue weighted by atomic mass is 9.86. The second kappa shape index (κ2) is 7.04. The summed E-state index contributed by atoms with van der Waals surface area (Å²) in [6.45, 7) is 5.30. The molecule has 3 rings (SSSR count). The van der Waals surface area contributed by atoms with E-state index in [4.69, 9.17) is 0 Å². The highest BCUT2D eigenvalue weighted by Gasteiger charge is 2.28. The average Bonchev–Trinajstić information content (AvgIpc) is 3.03. The van der Waals surface area contributed by atoms with Gasteiger partial charge in [0.1, 0.15) is 5.78 Å². The van der Waals surface area contributed by atoms with Crippen LogP contribution in [0.2, 0.25) is 0 Å². The zero-order chi connectivity index (χ0) is 13.8. The lowest BCUT2D eigenvalue weighted by Crippen LogP contribution is -2.51. The number of hydrogen-bond donors (Lipinski definition) is 0. The highest BCUT2D eigenvalue weighted by atomic mass is 16.1. The maximum atomic E-state index is 12.3. The van der Waals surface area contributed by atoms with E-state index in [0.717, 1.165) is 38.5 Å². The van der Waals surface area contributed by atoms with E-state index in [1.807, 2.05) is 0 Å². The van der Waals surface area contributed by atoms with E-state index in [9.17, 15) is 4.79 Å².